The van der Waals surface area contributed by atoms with Crippen molar-refractivity contribution >= 4 is 27.5 Å². The van der Waals surface area contributed by atoms with Gasteiger partial charge in [-0.05, 0) is 103 Å². The van der Waals surface area contributed by atoms with Gasteiger partial charge in [-0.3, -0.25) is 9.69 Å². The summed E-state index contributed by atoms with van der Waals surface area (Å²) in [6.07, 6.45) is 4.79. The standard InChI is InChI=1S/C34H48N4O3S/c1-21-17-22(2)19-25(18-21)31-28(11-12-36-13-15-37(16-14-36)23(3)41-24(4)39)29-20-30(42-32(29)35-31)34(5,6)33(40)38-26-7-8-27(38)10-9-26/h17-20,23-24,26-27,35,39H,7-16H2,1-6H3. The average molecular weight is 593 g/mol. The molecule has 2 aromatic heterocycles. The summed E-state index contributed by atoms with van der Waals surface area (Å²) < 4.78 is 5.60. The highest BCUT2D eigenvalue weighted by Crippen LogP contribution is 2.44. The fourth-order valence-electron chi connectivity index (χ4n) is 7.63. The molecule has 3 aliphatic rings. The monoisotopic (exact) mass is 592 g/mol. The lowest BCUT2D eigenvalue weighted by atomic mass is 9.88. The van der Waals surface area contributed by atoms with E-state index in [0.717, 1.165) is 44.0 Å². The van der Waals surface area contributed by atoms with Crippen LogP contribution >= 0.6 is 11.3 Å². The average Bonchev–Trinajstić information content (AvgIpc) is 3.71. The summed E-state index contributed by atoms with van der Waals surface area (Å²) in [5.74, 6) is 0.305. The van der Waals surface area contributed by atoms with E-state index in [2.05, 4.69) is 71.6 Å². The summed E-state index contributed by atoms with van der Waals surface area (Å²) in [6.45, 7) is 17.1. The van der Waals surface area contributed by atoms with E-state index in [0.29, 0.717) is 18.0 Å². The summed E-state index contributed by atoms with van der Waals surface area (Å²) in [5.41, 5.74) is 5.82. The molecule has 2 atom stereocenters. The zero-order valence-corrected chi connectivity index (χ0v) is 27.0. The maximum atomic E-state index is 13.9. The number of thiophene rings is 1. The zero-order valence-electron chi connectivity index (χ0n) is 26.2. The Kier molecular flexibility index (Phi) is 8.30. The highest BCUT2D eigenvalue weighted by atomic mass is 32.1. The fraction of sp³-hybridized carbons (Fsp3) is 0.618. The number of amides is 1. The van der Waals surface area contributed by atoms with Crippen molar-refractivity contribution < 1.29 is 14.6 Å². The first-order valence-corrected chi connectivity index (χ1v) is 16.7. The predicted octanol–water partition coefficient (Wildman–Crippen LogP) is 5.81. The lowest BCUT2D eigenvalue weighted by Gasteiger charge is -2.38. The number of benzene rings is 1. The molecule has 2 N–H and O–H groups in total. The summed E-state index contributed by atoms with van der Waals surface area (Å²) in [4.78, 5) is 27.2. The fourth-order valence-corrected chi connectivity index (χ4v) is 8.81. The first-order chi connectivity index (χ1) is 20.0. The number of fused-ring (bicyclic) bond motifs is 3. The molecule has 2 unspecified atom stereocenters. The summed E-state index contributed by atoms with van der Waals surface area (Å²) in [5, 5.41) is 10.9. The van der Waals surface area contributed by atoms with Gasteiger partial charge in [0.25, 0.3) is 0 Å². The molecule has 3 aliphatic heterocycles. The summed E-state index contributed by atoms with van der Waals surface area (Å²) in [6, 6.07) is 10.0. The highest BCUT2D eigenvalue weighted by Gasteiger charge is 2.47. The second-order valence-electron chi connectivity index (χ2n) is 13.5. The zero-order chi connectivity index (χ0) is 29.8. The third-order valence-corrected chi connectivity index (χ3v) is 11.3. The maximum absolute atomic E-state index is 13.9. The number of rotatable bonds is 9. The molecule has 7 nitrogen and oxygen atoms in total. The van der Waals surface area contributed by atoms with Crippen LogP contribution in [0.3, 0.4) is 0 Å². The van der Waals surface area contributed by atoms with Crippen LogP contribution < -0.4 is 0 Å². The molecule has 0 radical (unpaired) electrons. The Labute approximate surface area is 254 Å². The number of hydrogen-bond acceptors (Lipinski definition) is 6. The molecule has 0 spiro atoms. The number of aromatic nitrogens is 1. The lowest BCUT2D eigenvalue weighted by Crippen LogP contribution is -2.51. The summed E-state index contributed by atoms with van der Waals surface area (Å²) >= 11 is 1.76. The molecule has 0 aliphatic carbocycles. The number of H-pyrrole nitrogens is 1. The number of aliphatic hydroxyl groups excluding tert-OH is 1. The van der Waals surface area contributed by atoms with Crippen LogP contribution in [-0.4, -0.2) is 88.0 Å². The van der Waals surface area contributed by atoms with Crippen molar-refractivity contribution in [1.82, 2.24) is 19.7 Å². The Morgan fingerprint density at radius 2 is 1.64 bits per heavy atom. The molecule has 1 amide bonds. The molecule has 3 saturated heterocycles. The van der Waals surface area contributed by atoms with E-state index in [-0.39, 0.29) is 6.23 Å². The van der Waals surface area contributed by atoms with Crippen LogP contribution in [0, 0.1) is 13.8 Å². The van der Waals surface area contributed by atoms with Gasteiger partial charge in [0.15, 0.2) is 6.29 Å². The van der Waals surface area contributed by atoms with E-state index >= 15 is 0 Å². The van der Waals surface area contributed by atoms with Crippen molar-refractivity contribution in [3.8, 4) is 11.3 Å². The van der Waals surface area contributed by atoms with Crippen molar-refractivity contribution in [3.05, 3.63) is 45.8 Å². The number of aryl methyl sites for hydroxylation is 2. The molecule has 3 aromatic rings. The highest BCUT2D eigenvalue weighted by molar-refractivity contribution is 7.19. The van der Waals surface area contributed by atoms with Crippen molar-refractivity contribution in [2.45, 2.75) is 104 Å². The van der Waals surface area contributed by atoms with E-state index in [1.54, 1.807) is 18.3 Å². The van der Waals surface area contributed by atoms with E-state index < -0.39 is 11.7 Å². The minimum absolute atomic E-state index is 0.0846. The van der Waals surface area contributed by atoms with Gasteiger partial charge in [0.05, 0.1) is 11.1 Å². The SMILES string of the molecule is Cc1cc(C)cc(-c2[nH]c3sc(C(C)(C)C(=O)N4C5CCC4CC5)cc3c2CCN2CCN(C(C)OC(C)O)CC2)c1. The van der Waals surface area contributed by atoms with Gasteiger partial charge in [-0.2, -0.15) is 0 Å². The van der Waals surface area contributed by atoms with Crippen molar-refractivity contribution in [1.29, 1.82) is 0 Å². The number of carbonyl (C=O) groups is 1. The molecular formula is C34H48N4O3S. The number of ether oxygens (including phenoxy) is 1. The Bertz CT molecular complexity index is 1390. The summed E-state index contributed by atoms with van der Waals surface area (Å²) in [7, 11) is 0. The molecule has 8 heteroatoms. The maximum Gasteiger partial charge on any atom is 0.233 e. The first kappa shape index (κ1) is 29.8. The molecule has 228 valence electrons. The largest absolute Gasteiger partial charge is 0.368 e. The molecule has 5 heterocycles. The van der Waals surface area contributed by atoms with Gasteiger partial charge in [-0.25, -0.2) is 0 Å². The molecule has 3 fully saturated rings. The first-order valence-electron chi connectivity index (χ1n) is 15.9. The van der Waals surface area contributed by atoms with Crippen LogP contribution in [0.15, 0.2) is 24.3 Å². The van der Waals surface area contributed by atoms with Gasteiger partial charge in [0.1, 0.15) is 11.1 Å². The molecule has 2 bridgehead atoms. The second kappa shape index (κ2) is 11.7. The Balaban J connectivity index is 1.26. The Morgan fingerprint density at radius 3 is 2.24 bits per heavy atom. The quantitative estimate of drug-likeness (QED) is 0.307. The second-order valence-corrected chi connectivity index (χ2v) is 14.5. The van der Waals surface area contributed by atoms with Gasteiger partial charge in [-0.15, -0.1) is 11.3 Å². The number of carbonyl (C=O) groups excluding carboxylic acids is 1. The van der Waals surface area contributed by atoms with Crippen LogP contribution in [0.25, 0.3) is 21.5 Å². The minimum Gasteiger partial charge on any atom is -0.368 e. The number of piperazine rings is 1. The Morgan fingerprint density at radius 1 is 1.02 bits per heavy atom. The number of aromatic amines is 1. The van der Waals surface area contributed by atoms with Gasteiger partial charge in [0, 0.05) is 55.1 Å². The van der Waals surface area contributed by atoms with Crippen LogP contribution in [0.2, 0.25) is 0 Å². The van der Waals surface area contributed by atoms with Gasteiger partial charge in [0.2, 0.25) is 5.91 Å². The molecule has 0 saturated carbocycles. The van der Waals surface area contributed by atoms with E-state index in [4.69, 9.17) is 4.74 Å². The predicted molar refractivity (Wildman–Crippen MR) is 171 cm³/mol. The van der Waals surface area contributed by atoms with E-state index in [9.17, 15) is 9.90 Å². The van der Waals surface area contributed by atoms with Crippen LogP contribution in [0.1, 0.15) is 74.9 Å². The number of nitrogens with zero attached hydrogens (tertiary/aromatic N) is 3. The number of hydrogen-bond donors (Lipinski definition) is 2. The smallest absolute Gasteiger partial charge is 0.233 e. The van der Waals surface area contributed by atoms with Gasteiger partial charge >= 0.3 is 0 Å². The topological polar surface area (TPSA) is 72.0 Å². The molecule has 1 aromatic carbocycles. The number of aliphatic hydroxyl groups is 1. The van der Waals surface area contributed by atoms with Crippen molar-refractivity contribution in [2.75, 3.05) is 32.7 Å². The van der Waals surface area contributed by atoms with Crippen LogP contribution in [0.5, 0.6) is 0 Å². The van der Waals surface area contributed by atoms with E-state index in [1.165, 1.54) is 63.8 Å². The van der Waals surface area contributed by atoms with Crippen molar-refractivity contribution in [2.24, 2.45) is 0 Å². The lowest BCUT2D eigenvalue weighted by molar-refractivity contribution is -0.171. The van der Waals surface area contributed by atoms with Gasteiger partial charge in [-0.1, -0.05) is 17.2 Å². The third kappa shape index (κ3) is 5.69. The normalized spacial score (nSPS) is 23.3. The number of nitrogens with one attached hydrogen (secondary N) is 1. The molecule has 42 heavy (non-hydrogen) atoms. The minimum atomic E-state index is -0.751. The third-order valence-electron chi connectivity index (χ3n) is 9.94. The van der Waals surface area contributed by atoms with Crippen LogP contribution in [-0.2, 0) is 21.4 Å². The van der Waals surface area contributed by atoms with Gasteiger partial charge < -0.3 is 24.6 Å². The van der Waals surface area contributed by atoms with E-state index in [1.807, 2.05) is 6.92 Å². The Hall–Kier alpha value is -2.23. The molecule has 6 rings (SSSR count). The van der Waals surface area contributed by atoms with Crippen molar-refractivity contribution in [3.63, 3.8) is 0 Å². The molecular weight excluding hydrogens is 544 g/mol. The van der Waals surface area contributed by atoms with Crippen LogP contribution in [0.4, 0.5) is 0 Å².